The summed E-state index contributed by atoms with van der Waals surface area (Å²) in [5.41, 5.74) is 4.52. The zero-order valence-corrected chi connectivity index (χ0v) is 11.4. The minimum atomic E-state index is 0.637. The van der Waals surface area contributed by atoms with Crippen molar-refractivity contribution in [3.63, 3.8) is 0 Å². The average Bonchev–Trinajstić information content (AvgIpc) is 2.87. The number of nitrogens with two attached hydrogens (primary N) is 1. The van der Waals surface area contributed by atoms with Crippen molar-refractivity contribution in [1.82, 2.24) is 19.7 Å². The van der Waals surface area contributed by atoms with E-state index in [4.69, 9.17) is 5.84 Å². The van der Waals surface area contributed by atoms with Crippen LogP contribution in [0.4, 0.5) is 5.82 Å². The Hall–Kier alpha value is -1.95. The molecule has 0 radical (unpaired) electrons. The van der Waals surface area contributed by atoms with Crippen molar-refractivity contribution in [3.05, 3.63) is 24.0 Å². The molecule has 0 saturated heterocycles. The SMILES string of the molecule is CCCc1cc(NN)nc(-c2ccnn2CCC)n1. The van der Waals surface area contributed by atoms with E-state index >= 15 is 0 Å². The summed E-state index contributed by atoms with van der Waals surface area (Å²) in [5.74, 6) is 6.78. The van der Waals surface area contributed by atoms with Crippen LogP contribution in [0.25, 0.3) is 11.5 Å². The van der Waals surface area contributed by atoms with Gasteiger partial charge in [-0.3, -0.25) is 4.68 Å². The van der Waals surface area contributed by atoms with Gasteiger partial charge < -0.3 is 5.43 Å². The Balaban J connectivity index is 2.42. The average molecular weight is 260 g/mol. The lowest BCUT2D eigenvalue weighted by Crippen LogP contribution is -2.11. The lowest BCUT2D eigenvalue weighted by molar-refractivity contribution is 0.606. The molecule has 0 aliphatic heterocycles. The molecule has 0 aliphatic carbocycles. The van der Waals surface area contributed by atoms with E-state index in [-0.39, 0.29) is 0 Å². The summed E-state index contributed by atoms with van der Waals surface area (Å²) >= 11 is 0. The van der Waals surface area contributed by atoms with Gasteiger partial charge in [-0.2, -0.15) is 5.10 Å². The highest BCUT2D eigenvalue weighted by Gasteiger charge is 2.10. The quantitative estimate of drug-likeness (QED) is 0.613. The molecule has 2 aromatic heterocycles. The van der Waals surface area contributed by atoms with Crippen molar-refractivity contribution in [2.75, 3.05) is 5.43 Å². The van der Waals surface area contributed by atoms with E-state index in [2.05, 4.69) is 34.3 Å². The fourth-order valence-electron chi connectivity index (χ4n) is 1.98. The predicted molar refractivity (Wildman–Crippen MR) is 75.3 cm³/mol. The summed E-state index contributed by atoms with van der Waals surface area (Å²) in [6.07, 6.45) is 4.74. The molecule has 0 amide bonds. The third-order valence-corrected chi connectivity index (χ3v) is 2.81. The number of hydrogen-bond donors (Lipinski definition) is 2. The minimum Gasteiger partial charge on any atom is -0.308 e. The largest absolute Gasteiger partial charge is 0.308 e. The highest BCUT2D eigenvalue weighted by Crippen LogP contribution is 2.18. The van der Waals surface area contributed by atoms with Gasteiger partial charge in [0.1, 0.15) is 11.5 Å². The van der Waals surface area contributed by atoms with Crippen LogP contribution < -0.4 is 11.3 Å². The Bertz CT molecular complexity index is 534. The van der Waals surface area contributed by atoms with Gasteiger partial charge in [-0.1, -0.05) is 20.3 Å². The number of nitrogens with one attached hydrogen (secondary N) is 1. The van der Waals surface area contributed by atoms with Crippen molar-refractivity contribution >= 4 is 5.82 Å². The van der Waals surface area contributed by atoms with E-state index < -0.39 is 0 Å². The highest BCUT2D eigenvalue weighted by atomic mass is 15.3. The minimum absolute atomic E-state index is 0.637. The monoisotopic (exact) mass is 260 g/mol. The molecule has 0 spiro atoms. The van der Waals surface area contributed by atoms with Crippen LogP contribution in [-0.2, 0) is 13.0 Å². The van der Waals surface area contributed by atoms with Crippen molar-refractivity contribution < 1.29 is 0 Å². The van der Waals surface area contributed by atoms with Gasteiger partial charge >= 0.3 is 0 Å². The first-order chi connectivity index (χ1) is 9.28. The number of hydrazine groups is 1. The van der Waals surface area contributed by atoms with Crippen molar-refractivity contribution in [1.29, 1.82) is 0 Å². The smallest absolute Gasteiger partial charge is 0.180 e. The first kappa shape index (κ1) is 13.5. The molecule has 19 heavy (non-hydrogen) atoms. The van der Waals surface area contributed by atoms with Gasteiger partial charge in [0.15, 0.2) is 5.82 Å². The van der Waals surface area contributed by atoms with Crippen LogP contribution in [-0.4, -0.2) is 19.7 Å². The van der Waals surface area contributed by atoms with Gasteiger partial charge in [0.25, 0.3) is 0 Å². The highest BCUT2D eigenvalue weighted by molar-refractivity contribution is 5.53. The molecule has 6 nitrogen and oxygen atoms in total. The van der Waals surface area contributed by atoms with E-state index in [0.29, 0.717) is 11.6 Å². The number of nitrogen functional groups attached to an aromatic ring is 1. The summed E-state index contributed by atoms with van der Waals surface area (Å²) in [6, 6.07) is 3.81. The lowest BCUT2D eigenvalue weighted by atomic mass is 10.2. The number of aryl methyl sites for hydroxylation is 2. The molecule has 0 saturated carbocycles. The van der Waals surface area contributed by atoms with Gasteiger partial charge in [-0.25, -0.2) is 15.8 Å². The molecule has 0 aromatic carbocycles. The molecular weight excluding hydrogens is 240 g/mol. The fourth-order valence-corrected chi connectivity index (χ4v) is 1.98. The van der Waals surface area contributed by atoms with E-state index in [0.717, 1.165) is 37.2 Å². The first-order valence-electron chi connectivity index (χ1n) is 6.65. The number of hydrogen-bond acceptors (Lipinski definition) is 5. The molecule has 0 atom stereocenters. The number of nitrogens with zero attached hydrogens (tertiary/aromatic N) is 4. The van der Waals surface area contributed by atoms with Crippen LogP contribution >= 0.6 is 0 Å². The summed E-state index contributed by atoms with van der Waals surface area (Å²) in [7, 11) is 0. The lowest BCUT2D eigenvalue weighted by Gasteiger charge is -2.09. The van der Waals surface area contributed by atoms with Gasteiger partial charge in [0.2, 0.25) is 0 Å². The second-order valence-electron chi connectivity index (χ2n) is 4.40. The summed E-state index contributed by atoms with van der Waals surface area (Å²) < 4.78 is 1.92. The second-order valence-corrected chi connectivity index (χ2v) is 4.40. The third-order valence-electron chi connectivity index (χ3n) is 2.81. The Kier molecular flexibility index (Phi) is 4.46. The molecular formula is C13H20N6. The van der Waals surface area contributed by atoms with E-state index in [1.165, 1.54) is 0 Å². The third kappa shape index (κ3) is 3.08. The summed E-state index contributed by atoms with van der Waals surface area (Å²) in [4.78, 5) is 9.00. The van der Waals surface area contributed by atoms with Crippen molar-refractivity contribution in [3.8, 4) is 11.5 Å². The van der Waals surface area contributed by atoms with Crippen molar-refractivity contribution in [2.45, 2.75) is 39.7 Å². The van der Waals surface area contributed by atoms with Crippen LogP contribution in [0.2, 0.25) is 0 Å². The molecule has 0 fully saturated rings. The number of aromatic nitrogens is 4. The van der Waals surface area contributed by atoms with Crippen LogP contribution in [0.15, 0.2) is 18.3 Å². The Morgan fingerprint density at radius 2 is 2.11 bits per heavy atom. The maximum Gasteiger partial charge on any atom is 0.180 e. The standard InChI is InChI=1S/C13H20N6/c1-3-5-10-9-12(18-14)17-13(16-10)11-6-7-15-19(11)8-4-2/h6-7,9H,3-5,8,14H2,1-2H3,(H,16,17,18). The molecule has 2 aromatic rings. The summed E-state index contributed by atoms with van der Waals surface area (Å²) in [6.45, 7) is 5.10. The van der Waals surface area contributed by atoms with Gasteiger partial charge in [0, 0.05) is 24.5 Å². The number of rotatable bonds is 6. The molecule has 102 valence electrons. The Morgan fingerprint density at radius 3 is 2.79 bits per heavy atom. The number of anilines is 1. The second kappa shape index (κ2) is 6.29. The first-order valence-corrected chi connectivity index (χ1v) is 6.65. The fraction of sp³-hybridized carbons (Fsp3) is 0.462. The zero-order valence-electron chi connectivity index (χ0n) is 11.4. The molecule has 0 bridgehead atoms. The van der Waals surface area contributed by atoms with Crippen molar-refractivity contribution in [2.24, 2.45) is 5.84 Å². The van der Waals surface area contributed by atoms with Crippen LogP contribution in [0.3, 0.4) is 0 Å². The Morgan fingerprint density at radius 1 is 1.26 bits per heavy atom. The molecule has 3 N–H and O–H groups in total. The van der Waals surface area contributed by atoms with E-state index in [1.54, 1.807) is 6.20 Å². The normalized spacial score (nSPS) is 10.7. The van der Waals surface area contributed by atoms with Crippen LogP contribution in [0.1, 0.15) is 32.4 Å². The topological polar surface area (TPSA) is 81.6 Å². The Labute approximate surface area is 113 Å². The van der Waals surface area contributed by atoms with Crippen LogP contribution in [0, 0.1) is 0 Å². The maximum absolute atomic E-state index is 5.47. The maximum atomic E-state index is 5.47. The molecule has 0 aliphatic rings. The molecule has 6 heteroatoms. The van der Waals surface area contributed by atoms with Gasteiger partial charge in [-0.15, -0.1) is 0 Å². The van der Waals surface area contributed by atoms with Crippen LogP contribution in [0.5, 0.6) is 0 Å². The van der Waals surface area contributed by atoms with Gasteiger partial charge in [0.05, 0.1) is 0 Å². The van der Waals surface area contributed by atoms with Gasteiger partial charge in [-0.05, 0) is 18.9 Å². The van der Waals surface area contributed by atoms with E-state index in [9.17, 15) is 0 Å². The van der Waals surface area contributed by atoms with E-state index in [1.807, 2.05) is 16.8 Å². The molecule has 2 heterocycles. The summed E-state index contributed by atoms with van der Waals surface area (Å²) in [5, 5.41) is 4.30. The molecule has 2 rings (SSSR count). The predicted octanol–water partition coefficient (Wildman–Crippen LogP) is 1.99. The zero-order chi connectivity index (χ0) is 13.7. The molecule has 0 unspecified atom stereocenters.